The monoisotopic (exact) mass is 442 g/mol. The van der Waals surface area contributed by atoms with E-state index in [0.717, 1.165) is 23.0 Å². The van der Waals surface area contributed by atoms with Crippen molar-refractivity contribution in [3.63, 3.8) is 0 Å². The van der Waals surface area contributed by atoms with Gasteiger partial charge in [0.15, 0.2) is 10.9 Å². The molecule has 0 bridgehead atoms. The lowest BCUT2D eigenvalue weighted by Gasteiger charge is -2.20. The summed E-state index contributed by atoms with van der Waals surface area (Å²) >= 11 is 1.10. The third-order valence-electron chi connectivity index (χ3n) is 4.81. The molecule has 31 heavy (non-hydrogen) atoms. The number of anilines is 1. The van der Waals surface area contributed by atoms with Gasteiger partial charge in [-0.25, -0.2) is 18.7 Å². The molecule has 9 heteroatoms. The van der Waals surface area contributed by atoms with Crippen molar-refractivity contribution >= 4 is 32.6 Å². The van der Waals surface area contributed by atoms with Crippen molar-refractivity contribution in [2.45, 2.75) is 19.4 Å². The molecule has 160 valence electrons. The van der Waals surface area contributed by atoms with Gasteiger partial charge in [0, 0.05) is 31.5 Å². The average Bonchev–Trinajstić information content (AvgIpc) is 3.41. The zero-order valence-corrected chi connectivity index (χ0v) is 17.6. The van der Waals surface area contributed by atoms with Crippen molar-refractivity contribution in [3.8, 4) is 5.75 Å². The van der Waals surface area contributed by atoms with Crippen LogP contribution in [-0.4, -0.2) is 34.1 Å². The molecule has 0 aliphatic rings. The second-order valence-corrected chi connectivity index (χ2v) is 7.96. The first-order valence-electron chi connectivity index (χ1n) is 9.68. The highest BCUT2D eigenvalue weighted by Gasteiger charge is 2.21. The number of fused-ring (bicyclic) bond motifs is 1. The standard InChI is InChI=1S/C22H20F2N4O2S/c1-30-17-5-3-15(4-6-17)11-20(29)28(9-2-8-27-10-7-25-14-27)22-26-21-18(24)12-16(23)13-19(21)31-22/h3-7,10,12-14H,2,8-9,11H2,1H3. The number of hydrogen-bond donors (Lipinski definition) is 0. The summed E-state index contributed by atoms with van der Waals surface area (Å²) in [5.41, 5.74) is 0.891. The van der Waals surface area contributed by atoms with Crippen molar-refractivity contribution in [2.24, 2.45) is 0 Å². The van der Waals surface area contributed by atoms with Gasteiger partial charge >= 0.3 is 0 Å². The van der Waals surface area contributed by atoms with Gasteiger partial charge in [-0.1, -0.05) is 23.5 Å². The third-order valence-corrected chi connectivity index (χ3v) is 5.83. The predicted octanol–water partition coefficient (Wildman–Crippen LogP) is 4.45. The summed E-state index contributed by atoms with van der Waals surface area (Å²) in [5, 5.41) is 0.351. The number of imidazole rings is 1. The van der Waals surface area contributed by atoms with E-state index >= 15 is 0 Å². The van der Waals surface area contributed by atoms with Crippen LogP contribution in [0.5, 0.6) is 5.75 Å². The molecule has 2 heterocycles. The van der Waals surface area contributed by atoms with Crippen LogP contribution in [0.3, 0.4) is 0 Å². The largest absolute Gasteiger partial charge is 0.497 e. The molecule has 0 aliphatic carbocycles. The van der Waals surface area contributed by atoms with Crippen LogP contribution in [-0.2, 0) is 17.8 Å². The highest BCUT2D eigenvalue weighted by atomic mass is 32.1. The van der Waals surface area contributed by atoms with Crippen LogP contribution >= 0.6 is 11.3 Å². The number of thiazole rings is 1. The molecule has 1 amide bonds. The summed E-state index contributed by atoms with van der Waals surface area (Å²) in [6.45, 7) is 1.05. The lowest BCUT2D eigenvalue weighted by Crippen LogP contribution is -2.33. The molecule has 4 rings (SSSR count). The fraction of sp³-hybridized carbons (Fsp3) is 0.227. The molecule has 0 saturated heterocycles. The van der Waals surface area contributed by atoms with Gasteiger partial charge in [-0.3, -0.25) is 9.69 Å². The topological polar surface area (TPSA) is 60.2 Å². The minimum absolute atomic E-state index is 0.0678. The second-order valence-electron chi connectivity index (χ2n) is 6.96. The highest BCUT2D eigenvalue weighted by molar-refractivity contribution is 7.22. The second kappa shape index (κ2) is 9.22. The molecule has 4 aromatic rings. The number of aryl methyl sites for hydroxylation is 1. The number of carbonyl (C=O) groups is 1. The summed E-state index contributed by atoms with van der Waals surface area (Å²) in [4.78, 5) is 23.0. The first-order chi connectivity index (χ1) is 15.0. The Morgan fingerprint density at radius 2 is 2.03 bits per heavy atom. The predicted molar refractivity (Wildman–Crippen MR) is 115 cm³/mol. The van der Waals surface area contributed by atoms with Crippen molar-refractivity contribution in [1.29, 1.82) is 0 Å². The van der Waals surface area contributed by atoms with E-state index in [9.17, 15) is 13.6 Å². The maximum atomic E-state index is 14.2. The first-order valence-corrected chi connectivity index (χ1v) is 10.5. The molecule has 0 saturated carbocycles. The zero-order chi connectivity index (χ0) is 21.8. The van der Waals surface area contributed by atoms with Gasteiger partial charge in [0.25, 0.3) is 0 Å². The van der Waals surface area contributed by atoms with Gasteiger partial charge in [0.1, 0.15) is 17.1 Å². The average molecular weight is 442 g/mol. The first kappa shape index (κ1) is 20.9. The molecule has 0 atom stereocenters. The van der Waals surface area contributed by atoms with Crippen molar-refractivity contribution in [1.82, 2.24) is 14.5 Å². The number of benzene rings is 2. The number of aromatic nitrogens is 3. The van der Waals surface area contributed by atoms with E-state index in [1.54, 1.807) is 36.7 Å². The van der Waals surface area contributed by atoms with Gasteiger partial charge in [0.2, 0.25) is 5.91 Å². The van der Waals surface area contributed by atoms with Gasteiger partial charge < -0.3 is 9.30 Å². The number of methoxy groups -OCH3 is 1. The number of nitrogens with zero attached hydrogens (tertiary/aromatic N) is 4. The number of carbonyl (C=O) groups excluding carboxylic acids is 1. The smallest absolute Gasteiger partial charge is 0.233 e. The van der Waals surface area contributed by atoms with E-state index in [1.807, 2.05) is 22.9 Å². The number of ether oxygens (including phenoxy) is 1. The molecule has 2 aromatic carbocycles. The molecule has 0 radical (unpaired) electrons. The van der Waals surface area contributed by atoms with Crippen LogP contribution < -0.4 is 9.64 Å². The normalized spacial score (nSPS) is 11.1. The van der Waals surface area contributed by atoms with Crippen LogP contribution in [0, 0.1) is 11.6 Å². The highest BCUT2D eigenvalue weighted by Crippen LogP contribution is 2.31. The minimum Gasteiger partial charge on any atom is -0.497 e. The molecule has 0 N–H and O–H groups in total. The van der Waals surface area contributed by atoms with Crippen LogP contribution in [0.2, 0.25) is 0 Å². The van der Waals surface area contributed by atoms with Crippen LogP contribution in [0.4, 0.5) is 13.9 Å². The van der Waals surface area contributed by atoms with Crippen molar-refractivity contribution < 1.29 is 18.3 Å². The van der Waals surface area contributed by atoms with Crippen LogP contribution in [0.15, 0.2) is 55.1 Å². The van der Waals surface area contributed by atoms with Gasteiger partial charge in [-0.05, 0) is 30.2 Å². The Bertz CT molecular complexity index is 1180. The third kappa shape index (κ3) is 4.88. The maximum Gasteiger partial charge on any atom is 0.233 e. The van der Waals surface area contributed by atoms with E-state index < -0.39 is 11.6 Å². The fourth-order valence-electron chi connectivity index (χ4n) is 3.23. The van der Waals surface area contributed by atoms with E-state index in [4.69, 9.17) is 4.74 Å². The summed E-state index contributed by atoms with van der Waals surface area (Å²) in [6, 6.07) is 9.27. The number of halogens is 2. The van der Waals surface area contributed by atoms with E-state index in [-0.39, 0.29) is 17.8 Å². The number of amides is 1. The maximum absolute atomic E-state index is 14.2. The molecule has 0 aliphatic heterocycles. The molecule has 0 unspecified atom stereocenters. The van der Waals surface area contributed by atoms with Gasteiger partial charge in [-0.15, -0.1) is 0 Å². The van der Waals surface area contributed by atoms with E-state index in [0.29, 0.717) is 35.1 Å². The van der Waals surface area contributed by atoms with Crippen molar-refractivity contribution in [3.05, 3.63) is 72.3 Å². The Hall–Kier alpha value is -3.33. The van der Waals surface area contributed by atoms with Gasteiger partial charge in [0.05, 0.1) is 24.6 Å². The van der Waals surface area contributed by atoms with Crippen molar-refractivity contribution in [2.75, 3.05) is 18.6 Å². The Morgan fingerprint density at radius 1 is 1.23 bits per heavy atom. The minimum atomic E-state index is -0.738. The number of hydrogen-bond acceptors (Lipinski definition) is 5. The van der Waals surface area contributed by atoms with Gasteiger partial charge in [-0.2, -0.15) is 0 Å². The Morgan fingerprint density at radius 3 is 2.74 bits per heavy atom. The molecule has 2 aromatic heterocycles. The van der Waals surface area contributed by atoms with E-state index in [1.165, 1.54) is 6.07 Å². The summed E-state index contributed by atoms with van der Waals surface area (Å²) in [6.07, 6.45) is 6.05. The molecule has 0 fully saturated rings. The Labute approximate surface area is 181 Å². The van der Waals surface area contributed by atoms with E-state index in [2.05, 4.69) is 9.97 Å². The molecular weight excluding hydrogens is 422 g/mol. The lowest BCUT2D eigenvalue weighted by atomic mass is 10.1. The molecule has 6 nitrogen and oxygen atoms in total. The Kier molecular flexibility index (Phi) is 6.22. The Balaban J connectivity index is 1.58. The summed E-state index contributed by atoms with van der Waals surface area (Å²) in [5.74, 6) is -0.873. The lowest BCUT2D eigenvalue weighted by molar-refractivity contribution is -0.118. The fourth-order valence-corrected chi connectivity index (χ4v) is 4.28. The summed E-state index contributed by atoms with van der Waals surface area (Å²) in [7, 11) is 1.58. The SMILES string of the molecule is COc1ccc(CC(=O)N(CCCn2ccnc2)c2nc3c(F)cc(F)cc3s2)cc1. The number of rotatable bonds is 8. The molecule has 0 spiro atoms. The van der Waals surface area contributed by atoms with Crippen LogP contribution in [0.25, 0.3) is 10.2 Å². The quantitative estimate of drug-likeness (QED) is 0.405. The zero-order valence-electron chi connectivity index (χ0n) is 16.8. The molecular formula is C22H20F2N4O2S. The summed E-state index contributed by atoms with van der Waals surface area (Å²) < 4.78 is 35.2. The van der Waals surface area contributed by atoms with Crippen LogP contribution in [0.1, 0.15) is 12.0 Å².